The van der Waals surface area contributed by atoms with Gasteiger partial charge in [-0.2, -0.15) is 0 Å². The van der Waals surface area contributed by atoms with Crippen molar-refractivity contribution in [1.29, 1.82) is 0 Å². The van der Waals surface area contributed by atoms with Gasteiger partial charge in [-0.15, -0.1) is 0 Å². The Bertz CT molecular complexity index is 317. The van der Waals surface area contributed by atoms with Crippen LogP contribution in [0.15, 0.2) is 0 Å². The van der Waals surface area contributed by atoms with E-state index in [1.807, 2.05) is 6.92 Å². The van der Waals surface area contributed by atoms with Crippen molar-refractivity contribution in [2.45, 2.75) is 32.7 Å². The maximum Gasteiger partial charge on any atom is 0.242 e. The summed E-state index contributed by atoms with van der Waals surface area (Å²) < 4.78 is 0. The summed E-state index contributed by atoms with van der Waals surface area (Å²) in [5, 5.41) is 4.86. The third-order valence-electron chi connectivity index (χ3n) is 2.81. The molecule has 2 N–H and O–H groups in total. The molecule has 0 aliphatic carbocycles. The van der Waals surface area contributed by atoms with Gasteiger partial charge in [-0.1, -0.05) is 0 Å². The molecule has 6 heteroatoms. The molecule has 0 spiro atoms. The first-order valence-corrected chi connectivity index (χ1v) is 5.81. The lowest BCUT2D eigenvalue weighted by Crippen LogP contribution is -2.44. The van der Waals surface area contributed by atoms with Crippen LogP contribution in [0.25, 0.3) is 0 Å². The molecule has 1 aliphatic heterocycles. The molecule has 3 amide bonds. The highest BCUT2D eigenvalue weighted by Gasteiger charge is 2.24. The van der Waals surface area contributed by atoms with Crippen LogP contribution >= 0.6 is 0 Å². The minimum atomic E-state index is -0.347. The summed E-state index contributed by atoms with van der Waals surface area (Å²) in [6, 6.07) is 0.259. The highest BCUT2D eigenvalue weighted by molar-refractivity contribution is 5.87. The van der Waals surface area contributed by atoms with E-state index in [0.717, 1.165) is 19.4 Å². The predicted octanol–water partition coefficient (Wildman–Crippen LogP) is -0.750. The van der Waals surface area contributed by atoms with E-state index in [-0.39, 0.29) is 36.9 Å². The summed E-state index contributed by atoms with van der Waals surface area (Å²) in [4.78, 5) is 35.3. The van der Waals surface area contributed by atoms with E-state index in [1.165, 1.54) is 6.92 Å². The van der Waals surface area contributed by atoms with E-state index in [4.69, 9.17) is 0 Å². The minimum absolute atomic E-state index is 0.00274. The molecule has 96 valence electrons. The van der Waals surface area contributed by atoms with Gasteiger partial charge in [0.25, 0.3) is 0 Å². The van der Waals surface area contributed by atoms with Crippen LogP contribution in [0, 0.1) is 0 Å². The van der Waals surface area contributed by atoms with Crippen molar-refractivity contribution in [3.05, 3.63) is 0 Å². The number of hydrogen-bond acceptors (Lipinski definition) is 3. The summed E-state index contributed by atoms with van der Waals surface area (Å²) in [6.45, 7) is 4.02. The summed E-state index contributed by atoms with van der Waals surface area (Å²) in [5.74, 6) is -0.675. The number of hydrogen-bond donors (Lipinski definition) is 2. The Morgan fingerprint density at radius 3 is 2.47 bits per heavy atom. The SMILES string of the molecule is CC(=O)NCC(=O)NCC(=O)N1CCCC1C. The molecule has 0 bridgehead atoms. The van der Waals surface area contributed by atoms with Crippen LogP contribution in [-0.4, -0.2) is 48.3 Å². The molecule has 6 nitrogen and oxygen atoms in total. The Balaban J connectivity index is 2.23. The average Bonchev–Trinajstić information content (AvgIpc) is 2.69. The van der Waals surface area contributed by atoms with Crippen LogP contribution in [0.1, 0.15) is 26.7 Å². The Morgan fingerprint density at radius 1 is 1.24 bits per heavy atom. The minimum Gasteiger partial charge on any atom is -0.347 e. The van der Waals surface area contributed by atoms with Gasteiger partial charge in [0.1, 0.15) is 0 Å². The zero-order chi connectivity index (χ0) is 12.8. The number of likely N-dealkylation sites (tertiary alicyclic amines) is 1. The number of carbonyl (C=O) groups excluding carboxylic acids is 3. The van der Waals surface area contributed by atoms with Crippen molar-refractivity contribution < 1.29 is 14.4 Å². The number of nitrogens with zero attached hydrogens (tertiary/aromatic N) is 1. The number of nitrogens with one attached hydrogen (secondary N) is 2. The van der Waals surface area contributed by atoms with Gasteiger partial charge < -0.3 is 15.5 Å². The second-order valence-electron chi connectivity index (χ2n) is 4.26. The van der Waals surface area contributed by atoms with Gasteiger partial charge in [0, 0.05) is 19.5 Å². The average molecular weight is 241 g/mol. The summed E-state index contributed by atoms with van der Waals surface area (Å²) in [6.07, 6.45) is 2.04. The van der Waals surface area contributed by atoms with Crippen molar-refractivity contribution in [2.24, 2.45) is 0 Å². The lowest BCUT2D eigenvalue weighted by molar-refractivity contribution is -0.133. The van der Waals surface area contributed by atoms with Crippen molar-refractivity contribution in [2.75, 3.05) is 19.6 Å². The topological polar surface area (TPSA) is 78.5 Å². The summed E-state index contributed by atoms with van der Waals surface area (Å²) >= 11 is 0. The Kier molecular flexibility index (Phi) is 4.93. The normalized spacial score (nSPS) is 18.9. The first-order valence-electron chi connectivity index (χ1n) is 5.81. The fourth-order valence-electron chi connectivity index (χ4n) is 1.85. The van der Waals surface area contributed by atoms with Crippen LogP contribution in [0.5, 0.6) is 0 Å². The van der Waals surface area contributed by atoms with E-state index >= 15 is 0 Å². The van der Waals surface area contributed by atoms with Crippen LogP contribution in [-0.2, 0) is 14.4 Å². The van der Waals surface area contributed by atoms with E-state index in [0.29, 0.717) is 0 Å². The third kappa shape index (κ3) is 4.42. The second kappa shape index (κ2) is 6.22. The quantitative estimate of drug-likeness (QED) is 0.679. The molecule has 1 heterocycles. The molecule has 1 saturated heterocycles. The Hall–Kier alpha value is -1.59. The molecule has 0 radical (unpaired) electrons. The fourth-order valence-corrected chi connectivity index (χ4v) is 1.85. The molecule has 1 fully saturated rings. The van der Waals surface area contributed by atoms with E-state index in [9.17, 15) is 14.4 Å². The molecule has 0 saturated carbocycles. The van der Waals surface area contributed by atoms with Crippen LogP contribution in [0.3, 0.4) is 0 Å². The molecule has 0 aromatic rings. The van der Waals surface area contributed by atoms with Gasteiger partial charge in [0.2, 0.25) is 17.7 Å². The molecule has 1 rings (SSSR count). The second-order valence-corrected chi connectivity index (χ2v) is 4.26. The van der Waals surface area contributed by atoms with Crippen LogP contribution in [0.4, 0.5) is 0 Å². The highest BCUT2D eigenvalue weighted by Crippen LogP contribution is 2.15. The molecule has 1 atom stereocenters. The molecular formula is C11H19N3O3. The van der Waals surface area contributed by atoms with Crippen LogP contribution < -0.4 is 10.6 Å². The van der Waals surface area contributed by atoms with Gasteiger partial charge in [0.15, 0.2) is 0 Å². The predicted molar refractivity (Wildman–Crippen MR) is 62.1 cm³/mol. The summed E-state index contributed by atoms with van der Waals surface area (Å²) in [7, 11) is 0. The van der Waals surface area contributed by atoms with Gasteiger partial charge in [-0.25, -0.2) is 0 Å². The summed E-state index contributed by atoms with van der Waals surface area (Å²) in [5.41, 5.74) is 0. The molecule has 1 unspecified atom stereocenters. The lowest BCUT2D eigenvalue weighted by atomic mass is 10.2. The lowest BCUT2D eigenvalue weighted by Gasteiger charge is -2.21. The first-order chi connectivity index (χ1) is 8.00. The van der Waals surface area contributed by atoms with Crippen molar-refractivity contribution >= 4 is 17.7 Å². The smallest absolute Gasteiger partial charge is 0.242 e. The zero-order valence-corrected chi connectivity index (χ0v) is 10.3. The monoisotopic (exact) mass is 241 g/mol. The van der Waals surface area contributed by atoms with E-state index in [1.54, 1.807) is 4.90 Å². The van der Waals surface area contributed by atoms with Gasteiger partial charge >= 0.3 is 0 Å². The van der Waals surface area contributed by atoms with Gasteiger partial charge in [0.05, 0.1) is 13.1 Å². The van der Waals surface area contributed by atoms with Gasteiger partial charge in [-0.05, 0) is 19.8 Å². The van der Waals surface area contributed by atoms with E-state index < -0.39 is 0 Å². The zero-order valence-electron chi connectivity index (χ0n) is 10.3. The van der Waals surface area contributed by atoms with Crippen molar-refractivity contribution in [1.82, 2.24) is 15.5 Å². The maximum atomic E-state index is 11.7. The molecule has 0 aromatic carbocycles. The largest absolute Gasteiger partial charge is 0.347 e. The number of amides is 3. The molecular weight excluding hydrogens is 222 g/mol. The number of carbonyl (C=O) groups is 3. The van der Waals surface area contributed by atoms with Crippen molar-refractivity contribution in [3.63, 3.8) is 0 Å². The Morgan fingerprint density at radius 2 is 1.94 bits per heavy atom. The van der Waals surface area contributed by atoms with E-state index in [2.05, 4.69) is 10.6 Å². The van der Waals surface area contributed by atoms with Gasteiger partial charge in [-0.3, -0.25) is 14.4 Å². The standard InChI is InChI=1S/C11H19N3O3/c1-8-4-3-5-14(8)11(17)7-13-10(16)6-12-9(2)15/h8H,3-7H2,1-2H3,(H,12,15)(H,13,16). The van der Waals surface area contributed by atoms with Crippen LogP contribution in [0.2, 0.25) is 0 Å². The number of rotatable bonds is 4. The Labute approximate surface area is 101 Å². The first kappa shape index (κ1) is 13.5. The highest BCUT2D eigenvalue weighted by atomic mass is 16.2. The molecule has 1 aliphatic rings. The fraction of sp³-hybridized carbons (Fsp3) is 0.727. The maximum absolute atomic E-state index is 11.7. The molecule has 0 aromatic heterocycles. The van der Waals surface area contributed by atoms with Crippen molar-refractivity contribution in [3.8, 4) is 0 Å². The third-order valence-corrected chi connectivity index (χ3v) is 2.81. The molecule has 17 heavy (non-hydrogen) atoms.